The number of hydrogen-bond acceptors (Lipinski definition) is 8. The van der Waals surface area contributed by atoms with Crippen LogP contribution in [0.3, 0.4) is 0 Å². The Morgan fingerprint density at radius 1 is 1.28 bits per heavy atom. The lowest BCUT2D eigenvalue weighted by atomic mass is 10.0. The maximum absolute atomic E-state index is 12.9. The van der Waals surface area contributed by atoms with Gasteiger partial charge in [-0.15, -0.1) is 5.10 Å². The van der Waals surface area contributed by atoms with E-state index >= 15 is 0 Å². The minimum absolute atomic E-state index is 0.0700. The fourth-order valence-corrected chi connectivity index (χ4v) is 4.47. The number of piperidine rings is 1. The summed E-state index contributed by atoms with van der Waals surface area (Å²) < 4.78 is 2.93. The van der Waals surface area contributed by atoms with Gasteiger partial charge in [0.1, 0.15) is 12.6 Å². The molecule has 4 heterocycles. The standard InChI is InChI=1S/C23H21N9O4/c1-12-20(13(2)31(28-12)8-7-24)26-21(34)17-11-32(29-27-17)15-3-4-16-14(9-15)10-30(23(16)36)18-5-6-19(33)25-22(18)35/h3-4,9,11,18H,5-6,8,10H2,1-2H3,(H,26,34)(H,25,33,35). The molecule has 4 amide bonds. The SMILES string of the molecule is Cc1nn(CC#N)c(C)c1NC(=O)c1cn(-c2ccc3c(c2)CN(C2CCC(=O)NC2=O)C3=O)nn1. The van der Waals surface area contributed by atoms with E-state index in [0.717, 1.165) is 0 Å². The Labute approximate surface area is 204 Å². The highest BCUT2D eigenvalue weighted by atomic mass is 16.2. The van der Waals surface area contributed by atoms with E-state index in [1.165, 1.54) is 20.5 Å². The summed E-state index contributed by atoms with van der Waals surface area (Å²) in [6.07, 6.45) is 1.94. The zero-order valence-electron chi connectivity index (χ0n) is 19.5. The molecule has 36 heavy (non-hydrogen) atoms. The summed E-state index contributed by atoms with van der Waals surface area (Å²) in [7, 11) is 0. The third kappa shape index (κ3) is 3.88. The average molecular weight is 487 g/mol. The topological polar surface area (TPSA) is 168 Å². The molecule has 0 saturated carbocycles. The quantitative estimate of drug-likeness (QED) is 0.494. The fraction of sp³-hybridized carbons (Fsp3) is 0.304. The van der Waals surface area contributed by atoms with E-state index in [1.54, 1.807) is 32.0 Å². The van der Waals surface area contributed by atoms with Crippen molar-refractivity contribution in [2.24, 2.45) is 0 Å². The molecular formula is C23H21N9O4. The van der Waals surface area contributed by atoms with Crippen molar-refractivity contribution in [3.8, 4) is 11.8 Å². The lowest BCUT2D eigenvalue weighted by Crippen LogP contribution is -2.52. The summed E-state index contributed by atoms with van der Waals surface area (Å²) in [5.74, 6) is -1.56. The third-order valence-electron chi connectivity index (χ3n) is 6.34. The summed E-state index contributed by atoms with van der Waals surface area (Å²) in [5, 5.41) is 26.2. The van der Waals surface area contributed by atoms with Crippen LogP contribution >= 0.6 is 0 Å². The Morgan fingerprint density at radius 3 is 2.83 bits per heavy atom. The minimum Gasteiger partial charge on any atom is -0.322 e. The van der Waals surface area contributed by atoms with Gasteiger partial charge in [-0.25, -0.2) is 4.68 Å². The summed E-state index contributed by atoms with van der Waals surface area (Å²) in [6, 6.07) is 6.42. The van der Waals surface area contributed by atoms with Gasteiger partial charge >= 0.3 is 0 Å². The number of hydrogen-bond donors (Lipinski definition) is 2. The highest BCUT2D eigenvalue weighted by Crippen LogP contribution is 2.29. The van der Waals surface area contributed by atoms with E-state index in [9.17, 15) is 19.2 Å². The molecule has 2 N–H and O–H groups in total. The number of amides is 4. The number of carbonyl (C=O) groups excluding carboxylic acids is 4. The van der Waals surface area contributed by atoms with Crippen LogP contribution in [-0.2, 0) is 22.7 Å². The molecule has 2 aromatic heterocycles. The number of carbonyl (C=O) groups is 4. The molecule has 0 bridgehead atoms. The van der Waals surface area contributed by atoms with Crippen LogP contribution in [0, 0.1) is 25.2 Å². The molecule has 13 nitrogen and oxygen atoms in total. The van der Waals surface area contributed by atoms with Gasteiger partial charge in [-0.2, -0.15) is 10.4 Å². The Hall–Kier alpha value is -4.86. The first-order valence-electron chi connectivity index (χ1n) is 11.2. The molecule has 13 heteroatoms. The largest absolute Gasteiger partial charge is 0.322 e. The van der Waals surface area contributed by atoms with Gasteiger partial charge in [0, 0.05) is 18.5 Å². The summed E-state index contributed by atoms with van der Waals surface area (Å²) in [5.41, 5.74) is 3.58. The van der Waals surface area contributed by atoms with E-state index in [2.05, 4.69) is 26.0 Å². The fourth-order valence-electron chi connectivity index (χ4n) is 4.47. The van der Waals surface area contributed by atoms with Crippen molar-refractivity contribution in [3.63, 3.8) is 0 Å². The first-order valence-corrected chi connectivity index (χ1v) is 11.2. The van der Waals surface area contributed by atoms with Crippen LogP contribution in [0.5, 0.6) is 0 Å². The van der Waals surface area contributed by atoms with Gasteiger partial charge in [-0.3, -0.25) is 29.2 Å². The number of aromatic nitrogens is 5. The predicted octanol–water partition coefficient (Wildman–Crippen LogP) is 0.618. The number of nitrogens with zero attached hydrogens (tertiary/aromatic N) is 7. The van der Waals surface area contributed by atoms with Crippen molar-refractivity contribution >= 4 is 29.3 Å². The molecule has 0 aliphatic carbocycles. The number of imide groups is 1. The number of nitrogens with one attached hydrogen (secondary N) is 2. The Balaban J connectivity index is 1.33. The van der Waals surface area contributed by atoms with Gasteiger partial charge in [0.15, 0.2) is 5.69 Å². The molecule has 182 valence electrons. The first-order chi connectivity index (χ1) is 17.3. The zero-order valence-corrected chi connectivity index (χ0v) is 19.5. The second-order valence-electron chi connectivity index (χ2n) is 8.61. The van der Waals surface area contributed by atoms with Gasteiger partial charge in [-0.1, -0.05) is 5.21 Å². The van der Waals surface area contributed by atoms with Gasteiger partial charge in [-0.05, 0) is 44.0 Å². The molecule has 1 aromatic carbocycles. The van der Waals surface area contributed by atoms with Gasteiger partial charge < -0.3 is 10.2 Å². The maximum Gasteiger partial charge on any atom is 0.277 e. The highest BCUT2D eigenvalue weighted by Gasteiger charge is 2.39. The summed E-state index contributed by atoms with van der Waals surface area (Å²) in [6.45, 7) is 3.78. The minimum atomic E-state index is -0.697. The van der Waals surface area contributed by atoms with Gasteiger partial charge in [0.05, 0.1) is 35.0 Å². The summed E-state index contributed by atoms with van der Waals surface area (Å²) in [4.78, 5) is 50.8. The van der Waals surface area contributed by atoms with Crippen LogP contribution in [0.2, 0.25) is 0 Å². The number of aryl methyl sites for hydroxylation is 1. The molecule has 2 aliphatic heterocycles. The third-order valence-corrected chi connectivity index (χ3v) is 6.34. The van der Waals surface area contributed by atoms with Gasteiger partial charge in [0.2, 0.25) is 11.8 Å². The molecule has 3 aromatic rings. The zero-order chi connectivity index (χ0) is 25.6. The second kappa shape index (κ2) is 8.73. The smallest absolute Gasteiger partial charge is 0.277 e. The summed E-state index contributed by atoms with van der Waals surface area (Å²) >= 11 is 0. The normalized spacial score (nSPS) is 17.1. The Morgan fingerprint density at radius 2 is 2.08 bits per heavy atom. The Kier molecular flexibility index (Phi) is 5.56. The van der Waals surface area contributed by atoms with Crippen molar-refractivity contribution < 1.29 is 19.2 Å². The predicted molar refractivity (Wildman–Crippen MR) is 123 cm³/mol. The highest BCUT2D eigenvalue weighted by molar-refractivity contribution is 6.05. The van der Waals surface area contributed by atoms with E-state index in [1.807, 2.05) is 6.07 Å². The van der Waals surface area contributed by atoms with Crippen LogP contribution in [-0.4, -0.2) is 59.3 Å². The lowest BCUT2D eigenvalue weighted by molar-refractivity contribution is -0.136. The van der Waals surface area contributed by atoms with Crippen molar-refractivity contribution in [2.75, 3.05) is 5.32 Å². The molecule has 0 radical (unpaired) electrons. The van der Waals surface area contributed by atoms with Crippen molar-refractivity contribution in [2.45, 2.75) is 45.8 Å². The second-order valence-corrected chi connectivity index (χ2v) is 8.61. The van der Waals surface area contributed by atoms with E-state index in [-0.39, 0.29) is 43.4 Å². The number of rotatable bonds is 5. The van der Waals surface area contributed by atoms with Crippen molar-refractivity contribution in [1.82, 2.24) is 35.0 Å². The number of anilines is 1. The van der Waals surface area contributed by atoms with E-state index in [0.29, 0.717) is 33.9 Å². The number of benzene rings is 1. The van der Waals surface area contributed by atoms with Crippen LogP contribution in [0.1, 0.15) is 50.6 Å². The molecule has 1 saturated heterocycles. The molecular weight excluding hydrogens is 466 g/mol. The van der Waals surface area contributed by atoms with Crippen LogP contribution in [0.4, 0.5) is 5.69 Å². The average Bonchev–Trinajstić information content (AvgIpc) is 3.53. The molecule has 1 fully saturated rings. The molecule has 2 aliphatic rings. The molecule has 5 rings (SSSR count). The number of fused-ring (bicyclic) bond motifs is 1. The lowest BCUT2D eigenvalue weighted by Gasteiger charge is -2.29. The van der Waals surface area contributed by atoms with Crippen molar-refractivity contribution in [1.29, 1.82) is 5.26 Å². The Bertz CT molecular complexity index is 1480. The number of nitriles is 1. The molecule has 1 atom stereocenters. The van der Waals surface area contributed by atoms with E-state index in [4.69, 9.17) is 5.26 Å². The van der Waals surface area contributed by atoms with Crippen molar-refractivity contribution in [3.05, 3.63) is 52.6 Å². The maximum atomic E-state index is 12.9. The van der Waals surface area contributed by atoms with Crippen LogP contribution in [0.25, 0.3) is 5.69 Å². The molecule has 0 spiro atoms. The van der Waals surface area contributed by atoms with E-state index < -0.39 is 17.9 Å². The van der Waals surface area contributed by atoms with Gasteiger partial charge in [0.25, 0.3) is 11.8 Å². The monoisotopic (exact) mass is 487 g/mol. The molecule has 1 unspecified atom stereocenters. The first kappa shape index (κ1) is 22.9. The van der Waals surface area contributed by atoms with Crippen LogP contribution in [0.15, 0.2) is 24.4 Å². The van der Waals surface area contributed by atoms with Crippen LogP contribution < -0.4 is 10.6 Å².